The second-order valence-electron chi connectivity index (χ2n) is 13.6. The van der Waals surface area contributed by atoms with Crippen molar-refractivity contribution in [1.29, 1.82) is 0 Å². The number of hydrogen-bond acceptors (Lipinski definition) is 4. The van der Waals surface area contributed by atoms with E-state index in [4.69, 9.17) is 0 Å². The van der Waals surface area contributed by atoms with Gasteiger partial charge in [-0.15, -0.1) is 0 Å². The summed E-state index contributed by atoms with van der Waals surface area (Å²) in [6, 6.07) is -0.650. The Morgan fingerprint density at radius 1 is 0.488 bits per heavy atom. The Labute approximate surface area is 268 Å². The Balaban J connectivity index is 3.63. The van der Waals surface area contributed by atoms with Gasteiger partial charge in [-0.05, 0) is 12.8 Å². The molecular formula is C38H77NO4. The van der Waals surface area contributed by atoms with Gasteiger partial charge < -0.3 is 20.6 Å². The van der Waals surface area contributed by atoms with E-state index < -0.39 is 18.2 Å². The van der Waals surface area contributed by atoms with Crippen LogP contribution in [0.15, 0.2) is 0 Å². The second-order valence-corrected chi connectivity index (χ2v) is 13.6. The molecule has 0 radical (unpaired) electrons. The first kappa shape index (κ1) is 42.3. The summed E-state index contributed by atoms with van der Waals surface area (Å²) in [5.74, 6) is -0.281. The Morgan fingerprint density at radius 3 is 1.12 bits per heavy atom. The summed E-state index contributed by atoms with van der Waals surface area (Å²) in [6.45, 7) is 4.26. The van der Waals surface area contributed by atoms with Crippen LogP contribution in [0.4, 0.5) is 0 Å². The Morgan fingerprint density at radius 2 is 0.791 bits per heavy atom. The van der Waals surface area contributed by atoms with Gasteiger partial charge in [0.1, 0.15) is 0 Å². The van der Waals surface area contributed by atoms with Crippen molar-refractivity contribution in [1.82, 2.24) is 5.32 Å². The van der Waals surface area contributed by atoms with Crippen LogP contribution in [0.3, 0.4) is 0 Å². The molecule has 0 bridgehead atoms. The average molecular weight is 612 g/mol. The zero-order valence-corrected chi connectivity index (χ0v) is 29.1. The SMILES string of the molecule is CCCCCCCCCCCCCCCCC[C@H](O)CC(=O)N[C@@H](CO)[C@H](O)CCCCCCCCCCCCCCC. The Kier molecular flexibility index (Phi) is 33.7. The lowest BCUT2D eigenvalue weighted by molar-refractivity contribution is -0.125. The standard InChI is InChI=1S/C38H77NO4/c1-3-5-7-9-11-13-15-17-18-20-21-23-25-27-29-31-35(41)33-38(43)39-36(34-40)37(42)32-30-28-26-24-22-19-16-14-12-10-8-6-4-2/h35-37,40-42H,3-34H2,1-2H3,(H,39,43)/t35-,36-,37+/m0/s1. The summed E-state index contributed by atoms with van der Waals surface area (Å²) >= 11 is 0. The van der Waals surface area contributed by atoms with Gasteiger partial charge in [0.15, 0.2) is 0 Å². The highest BCUT2D eigenvalue weighted by Crippen LogP contribution is 2.16. The van der Waals surface area contributed by atoms with Crippen molar-refractivity contribution >= 4 is 5.91 Å². The number of nitrogens with one attached hydrogen (secondary N) is 1. The number of aliphatic hydroxyl groups is 3. The molecule has 0 unspecified atom stereocenters. The molecular weight excluding hydrogens is 534 g/mol. The third-order valence-electron chi connectivity index (χ3n) is 9.17. The van der Waals surface area contributed by atoms with E-state index in [0.717, 1.165) is 25.7 Å². The van der Waals surface area contributed by atoms with Crippen molar-refractivity contribution < 1.29 is 20.1 Å². The van der Waals surface area contributed by atoms with Crippen LogP contribution in [0.5, 0.6) is 0 Å². The molecule has 5 heteroatoms. The summed E-state index contributed by atoms with van der Waals surface area (Å²) in [6.07, 6.45) is 36.2. The average Bonchev–Trinajstić information content (AvgIpc) is 3.00. The highest BCUT2D eigenvalue weighted by Gasteiger charge is 2.21. The number of rotatable bonds is 35. The molecule has 258 valence electrons. The smallest absolute Gasteiger partial charge is 0.222 e. The van der Waals surface area contributed by atoms with Gasteiger partial charge in [-0.25, -0.2) is 0 Å². The van der Waals surface area contributed by atoms with Crippen molar-refractivity contribution in [2.24, 2.45) is 0 Å². The fourth-order valence-corrected chi connectivity index (χ4v) is 6.17. The fourth-order valence-electron chi connectivity index (χ4n) is 6.17. The molecule has 3 atom stereocenters. The van der Waals surface area contributed by atoms with Crippen molar-refractivity contribution in [3.63, 3.8) is 0 Å². The van der Waals surface area contributed by atoms with Crippen molar-refractivity contribution in [2.75, 3.05) is 6.61 Å². The molecule has 0 fully saturated rings. The summed E-state index contributed by atoms with van der Waals surface area (Å²) in [7, 11) is 0. The number of amides is 1. The van der Waals surface area contributed by atoms with Crippen LogP contribution in [0.25, 0.3) is 0 Å². The first-order valence-corrected chi connectivity index (χ1v) is 19.3. The van der Waals surface area contributed by atoms with Gasteiger partial charge >= 0.3 is 0 Å². The van der Waals surface area contributed by atoms with E-state index in [1.807, 2.05) is 0 Å². The van der Waals surface area contributed by atoms with Crippen molar-refractivity contribution in [2.45, 2.75) is 231 Å². The molecule has 0 aromatic carbocycles. The number of carbonyl (C=O) groups is 1. The lowest BCUT2D eigenvalue weighted by Crippen LogP contribution is -2.46. The van der Waals surface area contributed by atoms with Crippen LogP contribution >= 0.6 is 0 Å². The molecule has 0 saturated heterocycles. The van der Waals surface area contributed by atoms with E-state index in [0.29, 0.717) is 12.8 Å². The van der Waals surface area contributed by atoms with E-state index >= 15 is 0 Å². The van der Waals surface area contributed by atoms with Crippen LogP contribution in [-0.4, -0.2) is 46.1 Å². The molecule has 5 nitrogen and oxygen atoms in total. The maximum atomic E-state index is 12.4. The van der Waals surface area contributed by atoms with Gasteiger partial charge in [-0.3, -0.25) is 4.79 Å². The first-order chi connectivity index (χ1) is 21.0. The highest BCUT2D eigenvalue weighted by atomic mass is 16.3. The summed E-state index contributed by atoms with van der Waals surface area (Å²) in [5.41, 5.74) is 0. The zero-order valence-electron chi connectivity index (χ0n) is 29.1. The normalized spacial score (nSPS) is 13.7. The molecule has 43 heavy (non-hydrogen) atoms. The van der Waals surface area contributed by atoms with Gasteiger partial charge in [-0.2, -0.15) is 0 Å². The van der Waals surface area contributed by atoms with E-state index in [-0.39, 0.29) is 18.9 Å². The minimum atomic E-state index is -0.741. The lowest BCUT2D eigenvalue weighted by atomic mass is 10.0. The zero-order chi connectivity index (χ0) is 31.6. The topological polar surface area (TPSA) is 89.8 Å². The summed E-state index contributed by atoms with van der Waals surface area (Å²) in [5, 5.41) is 33.2. The predicted molar refractivity (Wildman–Crippen MR) is 186 cm³/mol. The molecule has 0 saturated carbocycles. The fraction of sp³-hybridized carbons (Fsp3) is 0.974. The molecule has 1 amide bonds. The molecule has 0 aromatic rings. The van der Waals surface area contributed by atoms with Crippen molar-refractivity contribution in [3.8, 4) is 0 Å². The van der Waals surface area contributed by atoms with Crippen LogP contribution in [0.2, 0.25) is 0 Å². The Bertz CT molecular complexity index is 558. The minimum Gasteiger partial charge on any atom is -0.394 e. The third kappa shape index (κ3) is 31.1. The number of unbranched alkanes of at least 4 members (excludes halogenated alkanes) is 26. The molecule has 0 aromatic heterocycles. The molecule has 0 rings (SSSR count). The van der Waals surface area contributed by atoms with Crippen LogP contribution in [0, 0.1) is 0 Å². The predicted octanol–water partition coefficient (Wildman–Crippen LogP) is 10.3. The molecule has 0 aliphatic heterocycles. The number of carbonyl (C=O) groups excluding carboxylic acids is 1. The molecule has 0 heterocycles. The maximum absolute atomic E-state index is 12.4. The van der Waals surface area contributed by atoms with Gasteiger partial charge in [-0.1, -0.05) is 194 Å². The third-order valence-corrected chi connectivity index (χ3v) is 9.17. The van der Waals surface area contributed by atoms with Crippen molar-refractivity contribution in [3.05, 3.63) is 0 Å². The monoisotopic (exact) mass is 612 g/mol. The van der Waals surface area contributed by atoms with E-state index in [2.05, 4.69) is 19.2 Å². The van der Waals surface area contributed by atoms with E-state index in [1.54, 1.807) is 0 Å². The molecule has 0 aliphatic rings. The minimum absolute atomic E-state index is 0.0422. The quantitative estimate of drug-likeness (QED) is 0.0537. The van der Waals surface area contributed by atoms with E-state index in [9.17, 15) is 20.1 Å². The number of hydrogen-bond donors (Lipinski definition) is 4. The second kappa shape index (κ2) is 34.2. The van der Waals surface area contributed by atoms with Gasteiger partial charge in [0.2, 0.25) is 5.91 Å². The van der Waals surface area contributed by atoms with Gasteiger partial charge in [0, 0.05) is 0 Å². The first-order valence-electron chi connectivity index (χ1n) is 19.3. The largest absolute Gasteiger partial charge is 0.394 e. The number of aliphatic hydroxyl groups excluding tert-OH is 3. The van der Waals surface area contributed by atoms with Gasteiger partial charge in [0.05, 0.1) is 31.3 Å². The van der Waals surface area contributed by atoms with E-state index in [1.165, 1.54) is 154 Å². The lowest BCUT2D eigenvalue weighted by Gasteiger charge is -2.23. The summed E-state index contributed by atoms with van der Waals surface area (Å²) in [4.78, 5) is 12.4. The molecule has 0 aliphatic carbocycles. The molecule has 0 spiro atoms. The van der Waals surface area contributed by atoms with Crippen LogP contribution in [-0.2, 0) is 4.79 Å². The molecule has 4 N–H and O–H groups in total. The van der Waals surface area contributed by atoms with Crippen LogP contribution < -0.4 is 5.32 Å². The van der Waals surface area contributed by atoms with Crippen LogP contribution in [0.1, 0.15) is 213 Å². The summed E-state index contributed by atoms with van der Waals surface area (Å²) < 4.78 is 0. The maximum Gasteiger partial charge on any atom is 0.222 e. The highest BCUT2D eigenvalue weighted by molar-refractivity contribution is 5.76. The Hall–Kier alpha value is -0.650. The van der Waals surface area contributed by atoms with Gasteiger partial charge in [0.25, 0.3) is 0 Å².